The molecule has 4 aromatic rings. The van der Waals surface area contributed by atoms with Crippen molar-refractivity contribution in [1.82, 2.24) is 0 Å². The molecule has 2 aromatic heterocycles. The molecule has 0 bridgehead atoms. The number of hydrogen-bond acceptors (Lipinski definition) is 4. The van der Waals surface area contributed by atoms with E-state index in [1.807, 2.05) is 6.07 Å². The second kappa shape index (κ2) is 7.39. The predicted octanol–water partition coefficient (Wildman–Crippen LogP) is 4.89. The highest BCUT2D eigenvalue weighted by Gasteiger charge is 2.19. The first-order valence-electron chi connectivity index (χ1n) is 8.25. The van der Waals surface area contributed by atoms with Crippen molar-refractivity contribution in [3.05, 3.63) is 91.1 Å². The van der Waals surface area contributed by atoms with Gasteiger partial charge in [-0.15, -0.1) is 22.7 Å². The lowest BCUT2D eigenvalue weighted by molar-refractivity contribution is 0.578. The maximum atomic E-state index is 14.7. The molecular weight excluding hydrogens is 422 g/mol. The summed E-state index contributed by atoms with van der Waals surface area (Å²) in [6.45, 7) is 15.1. The second-order valence-electron chi connectivity index (χ2n) is 6.03. The van der Waals surface area contributed by atoms with Gasteiger partial charge in [0.2, 0.25) is 5.70 Å². The van der Waals surface area contributed by atoms with Crippen molar-refractivity contribution in [2.24, 2.45) is 0 Å². The molecule has 0 aliphatic carbocycles. The molecule has 140 valence electrons. The number of nitrogens with zero attached hydrogens (tertiary/aromatic N) is 4. The summed E-state index contributed by atoms with van der Waals surface area (Å²) in [7, 11) is 0. The quantitative estimate of drug-likeness (QED) is 0.405. The number of fused-ring (bicyclic) bond motifs is 2. The molecule has 0 fully saturated rings. The molecule has 0 spiro atoms. The fraction of sp³-hybridized carbons (Fsp3) is 0. The van der Waals surface area contributed by atoms with Crippen LogP contribution in [0.25, 0.3) is 41.3 Å². The summed E-state index contributed by atoms with van der Waals surface area (Å²) in [5.74, 6) is -1.94. The van der Waals surface area contributed by atoms with Crippen LogP contribution in [0.2, 0.25) is 0 Å². The largest absolute Gasteiger partial charge is 0.271 e. The molecule has 0 saturated carbocycles. The van der Waals surface area contributed by atoms with Gasteiger partial charge in [0, 0.05) is 31.5 Å². The summed E-state index contributed by atoms with van der Waals surface area (Å²) < 4.78 is 29.7. The third-order valence-electron chi connectivity index (χ3n) is 4.56. The van der Waals surface area contributed by atoms with Gasteiger partial charge in [0.05, 0.1) is 24.8 Å². The maximum absolute atomic E-state index is 14.7. The van der Waals surface area contributed by atoms with Gasteiger partial charge in [-0.2, -0.15) is 5.26 Å². The first kappa shape index (κ1) is 19.2. The van der Waals surface area contributed by atoms with Crippen LogP contribution in [0, 0.1) is 47.4 Å². The summed E-state index contributed by atoms with van der Waals surface area (Å²) in [5.41, 5.74) is -0.664. The fourth-order valence-corrected chi connectivity index (χ4v) is 5.24. The smallest absolute Gasteiger partial charge is 0.237 e. The van der Waals surface area contributed by atoms with Gasteiger partial charge >= 0.3 is 0 Å². The number of rotatable bonds is 1. The van der Waals surface area contributed by atoms with Gasteiger partial charge in [-0.25, -0.2) is 23.7 Å². The van der Waals surface area contributed by atoms with Crippen LogP contribution in [-0.2, 0) is 0 Å². The summed E-state index contributed by atoms with van der Waals surface area (Å²) in [5, 5.41) is 24.2. The molecule has 0 amide bonds. The molecule has 0 saturated heterocycles. The van der Waals surface area contributed by atoms with Gasteiger partial charge in [-0.05, 0) is 39.7 Å². The fourth-order valence-electron chi connectivity index (χ4n) is 3.32. The van der Waals surface area contributed by atoms with E-state index in [9.17, 15) is 14.0 Å². The molecule has 2 aromatic carbocycles. The normalized spacial score (nSPS) is 12.6. The Balaban J connectivity index is 2.36. The Kier molecular flexibility index (Phi) is 4.74. The SMILES string of the molecule is [C-]#[N+]/C(C#N)=c1/c2ccsc2/c(=C(/[N+]#[C-])c2cc(C#N)c(F)cc2F)c2ccsc12. The molecule has 30 heavy (non-hydrogen) atoms. The Hall–Kier alpha value is -4.08. The molecule has 0 unspecified atom stereocenters. The van der Waals surface area contributed by atoms with Crippen LogP contribution in [-0.4, -0.2) is 0 Å². The van der Waals surface area contributed by atoms with Gasteiger partial charge < -0.3 is 0 Å². The third-order valence-corrected chi connectivity index (χ3v) is 6.42. The van der Waals surface area contributed by atoms with Crippen molar-refractivity contribution < 1.29 is 8.78 Å². The van der Waals surface area contributed by atoms with E-state index in [0.717, 1.165) is 6.07 Å². The number of benzene rings is 2. The van der Waals surface area contributed by atoms with Crippen LogP contribution < -0.4 is 10.4 Å². The first-order chi connectivity index (χ1) is 14.5. The average Bonchev–Trinajstić information content (AvgIpc) is 3.41. The molecule has 4 nitrogen and oxygen atoms in total. The summed E-state index contributed by atoms with van der Waals surface area (Å²) in [6.07, 6.45) is 0. The predicted molar refractivity (Wildman–Crippen MR) is 112 cm³/mol. The van der Waals surface area contributed by atoms with Crippen molar-refractivity contribution in [3.8, 4) is 12.1 Å². The van der Waals surface area contributed by atoms with E-state index in [1.165, 1.54) is 22.7 Å². The van der Waals surface area contributed by atoms with E-state index in [1.54, 1.807) is 29.0 Å². The zero-order valence-electron chi connectivity index (χ0n) is 14.8. The van der Waals surface area contributed by atoms with Crippen LogP contribution in [0.5, 0.6) is 0 Å². The lowest BCUT2D eigenvalue weighted by atomic mass is 10.0. The van der Waals surface area contributed by atoms with Gasteiger partial charge in [-0.1, -0.05) is 0 Å². The molecule has 2 heterocycles. The van der Waals surface area contributed by atoms with Gasteiger partial charge in [0.25, 0.3) is 5.70 Å². The zero-order chi connectivity index (χ0) is 21.4. The Labute approximate surface area is 176 Å². The first-order valence-corrected chi connectivity index (χ1v) is 10.0. The van der Waals surface area contributed by atoms with E-state index >= 15 is 0 Å². The lowest BCUT2D eigenvalue weighted by Crippen LogP contribution is -2.16. The molecule has 4 rings (SSSR count). The van der Waals surface area contributed by atoms with E-state index in [4.69, 9.17) is 18.4 Å². The van der Waals surface area contributed by atoms with E-state index in [0.29, 0.717) is 36.7 Å². The van der Waals surface area contributed by atoms with Crippen LogP contribution in [0.1, 0.15) is 11.1 Å². The van der Waals surface area contributed by atoms with Crippen molar-refractivity contribution in [2.45, 2.75) is 0 Å². The molecule has 0 aliphatic rings. The van der Waals surface area contributed by atoms with Crippen LogP contribution in [0.4, 0.5) is 8.78 Å². The van der Waals surface area contributed by atoms with Crippen molar-refractivity contribution in [1.29, 1.82) is 10.5 Å². The van der Waals surface area contributed by atoms with Gasteiger partial charge in [0.1, 0.15) is 17.7 Å². The van der Waals surface area contributed by atoms with E-state index in [-0.39, 0.29) is 22.5 Å². The molecular formula is C22H6F2N4S2. The Morgan fingerprint density at radius 3 is 2.10 bits per heavy atom. The maximum Gasteiger partial charge on any atom is 0.271 e. The Morgan fingerprint density at radius 2 is 1.53 bits per heavy atom. The highest BCUT2D eigenvalue weighted by atomic mass is 32.1. The molecule has 0 N–H and O–H groups in total. The second-order valence-corrected chi connectivity index (χ2v) is 7.87. The van der Waals surface area contributed by atoms with Crippen molar-refractivity contribution in [3.63, 3.8) is 0 Å². The van der Waals surface area contributed by atoms with Crippen LogP contribution >= 0.6 is 22.7 Å². The third kappa shape index (κ3) is 2.72. The van der Waals surface area contributed by atoms with Gasteiger partial charge in [0.15, 0.2) is 0 Å². The number of thiophene rings is 2. The number of nitriles is 2. The topological polar surface area (TPSA) is 56.3 Å². The van der Waals surface area contributed by atoms with Crippen molar-refractivity contribution >= 4 is 54.2 Å². The minimum absolute atomic E-state index is 0.0623. The molecule has 0 atom stereocenters. The highest BCUT2D eigenvalue weighted by Crippen LogP contribution is 2.27. The number of hydrogen-bond donors (Lipinski definition) is 0. The van der Waals surface area contributed by atoms with Crippen LogP contribution in [0.15, 0.2) is 35.0 Å². The van der Waals surface area contributed by atoms with Crippen molar-refractivity contribution in [2.75, 3.05) is 0 Å². The molecule has 0 radical (unpaired) electrons. The Morgan fingerprint density at radius 1 is 0.900 bits per heavy atom. The molecule has 8 heteroatoms. The van der Waals surface area contributed by atoms with Gasteiger partial charge in [-0.3, -0.25) is 0 Å². The van der Waals surface area contributed by atoms with E-state index in [2.05, 4.69) is 9.69 Å². The number of halogens is 2. The average molecular weight is 428 g/mol. The Bertz CT molecular complexity index is 1590. The van der Waals surface area contributed by atoms with E-state index < -0.39 is 11.6 Å². The summed E-state index contributed by atoms with van der Waals surface area (Å²) in [6, 6.07) is 8.73. The molecule has 0 aliphatic heterocycles. The minimum atomic E-state index is -0.995. The zero-order valence-corrected chi connectivity index (χ0v) is 16.5. The summed E-state index contributed by atoms with van der Waals surface area (Å²) >= 11 is 2.61. The highest BCUT2D eigenvalue weighted by molar-refractivity contribution is 7.18. The summed E-state index contributed by atoms with van der Waals surface area (Å²) in [4.78, 5) is 6.89. The minimum Gasteiger partial charge on any atom is -0.237 e. The monoisotopic (exact) mass is 428 g/mol. The standard InChI is InChI=1S/C22H6F2N4S2/c1-27-17(10-26)18-12-3-5-30-22(12)19(13-4-6-29-21(13)18)20(28-2)14-7-11(9-25)15(23)8-16(14)24/h3-8H/b18-17-,20-19+. The lowest BCUT2D eigenvalue weighted by Gasteiger charge is -2.07. The van der Waals surface area contributed by atoms with Crippen LogP contribution in [0.3, 0.4) is 0 Å².